The third kappa shape index (κ3) is 3.67. The highest BCUT2D eigenvalue weighted by molar-refractivity contribution is 7.09. The van der Waals surface area contributed by atoms with E-state index >= 15 is 0 Å². The van der Waals surface area contributed by atoms with Crippen LogP contribution in [0, 0.1) is 0 Å². The van der Waals surface area contributed by atoms with Crippen LogP contribution < -0.4 is 5.32 Å². The summed E-state index contributed by atoms with van der Waals surface area (Å²) in [7, 11) is 0. The Kier molecular flexibility index (Phi) is 4.01. The van der Waals surface area contributed by atoms with E-state index in [1.54, 1.807) is 0 Å². The van der Waals surface area contributed by atoms with Gasteiger partial charge in [-0.25, -0.2) is 4.98 Å². The number of benzene rings is 1. The summed E-state index contributed by atoms with van der Waals surface area (Å²) in [5.74, 6) is 1.88. The van der Waals surface area contributed by atoms with E-state index in [9.17, 15) is 4.79 Å². The lowest BCUT2D eigenvalue weighted by atomic mass is 10.0. The molecule has 1 heterocycles. The predicted molar refractivity (Wildman–Crippen MR) is 84.7 cm³/mol. The molecule has 2 aromatic rings. The van der Waals surface area contributed by atoms with Gasteiger partial charge in [-0.2, -0.15) is 4.37 Å². The van der Waals surface area contributed by atoms with Gasteiger partial charge >= 0.3 is 0 Å². The number of rotatable bonds is 5. The van der Waals surface area contributed by atoms with Gasteiger partial charge in [-0.3, -0.25) is 4.79 Å². The van der Waals surface area contributed by atoms with Crippen molar-refractivity contribution < 1.29 is 4.79 Å². The van der Waals surface area contributed by atoms with E-state index < -0.39 is 0 Å². The van der Waals surface area contributed by atoms with Crippen molar-refractivity contribution >= 4 is 22.6 Å². The lowest BCUT2D eigenvalue weighted by Gasteiger charge is -2.06. The Balaban J connectivity index is 1.57. The molecule has 1 amide bonds. The fourth-order valence-electron chi connectivity index (χ4n) is 2.16. The molecule has 1 aromatic carbocycles. The summed E-state index contributed by atoms with van der Waals surface area (Å²) in [5.41, 5.74) is 2.31. The largest absolute Gasteiger partial charge is 0.300 e. The number of amides is 1. The lowest BCUT2D eigenvalue weighted by molar-refractivity contribution is -0.115. The molecule has 1 fully saturated rings. The SMILES string of the molecule is CC(C)c1ccc(CC(=O)Nc2nc(C3CC3)ns2)cc1. The van der Waals surface area contributed by atoms with Crippen LogP contribution in [0.5, 0.6) is 0 Å². The zero-order chi connectivity index (χ0) is 14.8. The summed E-state index contributed by atoms with van der Waals surface area (Å²) >= 11 is 1.27. The second-order valence-electron chi connectivity index (χ2n) is 5.85. The van der Waals surface area contributed by atoms with Crippen molar-refractivity contribution in [2.24, 2.45) is 0 Å². The van der Waals surface area contributed by atoms with Crippen LogP contribution in [0.3, 0.4) is 0 Å². The second kappa shape index (κ2) is 5.93. The molecule has 0 unspecified atom stereocenters. The van der Waals surface area contributed by atoms with E-state index in [1.807, 2.05) is 12.1 Å². The third-order valence-corrected chi connectivity index (χ3v) is 4.29. The van der Waals surface area contributed by atoms with Crippen LogP contribution in [0.1, 0.15) is 55.5 Å². The number of nitrogens with zero attached hydrogens (tertiary/aromatic N) is 2. The Morgan fingerprint density at radius 2 is 2.05 bits per heavy atom. The Labute approximate surface area is 128 Å². The van der Waals surface area contributed by atoms with E-state index in [0.29, 0.717) is 23.4 Å². The van der Waals surface area contributed by atoms with Crippen molar-refractivity contribution in [2.45, 2.75) is 44.9 Å². The lowest BCUT2D eigenvalue weighted by Crippen LogP contribution is -2.14. The summed E-state index contributed by atoms with van der Waals surface area (Å²) < 4.78 is 4.29. The smallest absolute Gasteiger partial charge is 0.230 e. The third-order valence-electron chi connectivity index (χ3n) is 3.64. The van der Waals surface area contributed by atoms with Crippen molar-refractivity contribution in [1.82, 2.24) is 9.36 Å². The minimum absolute atomic E-state index is 0.0363. The molecule has 5 heteroatoms. The van der Waals surface area contributed by atoms with Crippen LogP contribution in [0.4, 0.5) is 5.13 Å². The average Bonchev–Trinajstić information content (AvgIpc) is 3.20. The molecular formula is C16H19N3OS. The molecule has 1 aromatic heterocycles. The quantitative estimate of drug-likeness (QED) is 0.915. The first-order valence-corrected chi connectivity index (χ1v) is 8.11. The molecule has 4 nitrogen and oxygen atoms in total. The Bertz CT molecular complexity index is 629. The summed E-state index contributed by atoms with van der Waals surface area (Å²) in [5, 5.41) is 3.45. The van der Waals surface area contributed by atoms with Gasteiger partial charge in [0.05, 0.1) is 6.42 Å². The van der Waals surface area contributed by atoms with Crippen LogP contribution in [-0.2, 0) is 11.2 Å². The standard InChI is InChI=1S/C16H19N3OS/c1-10(2)12-5-3-11(4-6-12)9-14(20)17-16-18-15(19-21-16)13-7-8-13/h3-6,10,13H,7-9H2,1-2H3,(H,17,18,19,20). The maximum atomic E-state index is 12.0. The zero-order valence-electron chi connectivity index (χ0n) is 12.3. The number of carbonyl (C=O) groups excluding carboxylic acids is 1. The molecule has 1 N–H and O–H groups in total. The molecule has 0 saturated heterocycles. The number of anilines is 1. The highest BCUT2D eigenvalue weighted by Gasteiger charge is 2.28. The van der Waals surface area contributed by atoms with Gasteiger partial charge in [-0.1, -0.05) is 38.1 Å². The zero-order valence-corrected chi connectivity index (χ0v) is 13.1. The topological polar surface area (TPSA) is 54.9 Å². The molecule has 1 aliphatic rings. The van der Waals surface area contributed by atoms with Crippen LogP contribution in [0.15, 0.2) is 24.3 Å². The van der Waals surface area contributed by atoms with Crippen LogP contribution in [0.2, 0.25) is 0 Å². The average molecular weight is 301 g/mol. The first-order chi connectivity index (χ1) is 10.1. The normalized spacial score (nSPS) is 14.4. The monoisotopic (exact) mass is 301 g/mol. The Morgan fingerprint density at radius 3 is 2.67 bits per heavy atom. The van der Waals surface area contributed by atoms with Gasteiger partial charge in [-0.15, -0.1) is 0 Å². The molecule has 0 aliphatic heterocycles. The number of carbonyl (C=O) groups is 1. The number of hydrogen-bond donors (Lipinski definition) is 1. The molecule has 0 atom stereocenters. The molecule has 0 radical (unpaired) electrons. The molecule has 1 saturated carbocycles. The molecule has 21 heavy (non-hydrogen) atoms. The fraction of sp³-hybridized carbons (Fsp3) is 0.438. The molecule has 1 aliphatic carbocycles. The van der Waals surface area contributed by atoms with Gasteiger partial charge in [-0.05, 0) is 29.9 Å². The minimum atomic E-state index is -0.0363. The first kappa shape index (κ1) is 14.2. The fourth-order valence-corrected chi connectivity index (χ4v) is 2.83. The van der Waals surface area contributed by atoms with Crippen LogP contribution in [0.25, 0.3) is 0 Å². The van der Waals surface area contributed by atoms with Crippen molar-refractivity contribution in [1.29, 1.82) is 0 Å². The molecular weight excluding hydrogens is 282 g/mol. The predicted octanol–water partition coefficient (Wildman–Crippen LogP) is 3.72. The minimum Gasteiger partial charge on any atom is -0.300 e. The van der Waals surface area contributed by atoms with Gasteiger partial charge < -0.3 is 5.32 Å². The van der Waals surface area contributed by atoms with Crippen LogP contribution >= 0.6 is 11.5 Å². The highest BCUT2D eigenvalue weighted by Crippen LogP contribution is 2.39. The Morgan fingerprint density at radius 1 is 1.33 bits per heavy atom. The summed E-state index contributed by atoms with van der Waals surface area (Å²) in [4.78, 5) is 16.4. The van der Waals surface area contributed by atoms with Crippen molar-refractivity contribution in [3.63, 3.8) is 0 Å². The van der Waals surface area contributed by atoms with Crippen molar-refractivity contribution in [2.75, 3.05) is 5.32 Å². The van der Waals surface area contributed by atoms with E-state index in [2.05, 4.69) is 40.7 Å². The maximum absolute atomic E-state index is 12.0. The van der Waals surface area contributed by atoms with Crippen molar-refractivity contribution in [3.05, 3.63) is 41.2 Å². The van der Waals surface area contributed by atoms with Gasteiger partial charge in [0.25, 0.3) is 0 Å². The molecule has 110 valence electrons. The summed E-state index contributed by atoms with van der Waals surface area (Å²) in [6.45, 7) is 4.32. The molecule has 0 bridgehead atoms. The van der Waals surface area contributed by atoms with Crippen molar-refractivity contribution in [3.8, 4) is 0 Å². The maximum Gasteiger partial charge on any atom is 0.230 e. The molecule has 0 spiro atoms. The van der Waals surface area contributed by atoms with Gasteiger partial charge in [0, 0.05) is 17.5 Å². The Hall–Kier alpha value is -1.75. The van der Waals surface area contributed by atoms with E-state index in [1.165, 1.54) is 29.9 Å². The number of nitrogens with one attached hydrogen (secondary N) is 1. The van der Waals surface area contributed by atoms with E-state index in [-0.39, 0.29) is 5.91 Å². The van der Waals surface area contributed by atoms with Gasteiger partial charge in [0.2, 0.25) is 11.0 Å². The molecule has 3 rings (SSSR count). The summed E-state index contributed by atoms with van der Waals surface area (Å²) in [6.07, 6.45) is 2.72. The van der Waals surface area contributed by atoms with E-state index in [0.717, 1.165) is 11.4 Å². The van der Waals surface area contributed by atoms with Gasteiger partial charge in [0.1, 0.15) is 5.82 Å². The number of aromatic nitrogens is 2. The summed E-state index contributed by atoms with van der Waals surface area (Å²) in [6, 6.07) is 8.21. The van der Waals surface area contributed by atoms with Crippen LogP contribution in [-0.4, -0.2) is 15.3 Å². The first-order valence-electron chi connectivity index (χ1n) is 7.34. The van der Waals surface area contributed by atoms with Gasteiger partial charge in [0.15, 0.2) is 0 Å². The second-order valence-corrected chi connectivity index (χ2v) is 6.61. The highest BCUT2D eigenvalue weighted by atomic mass is 32.1. The number of hydrogen-bond acceptors (Lipinski definition) is 4. The van der Waals surface area contributed by atoms with E-state index in [4.69, 9.17) is 0 Å².